The van der Waals surface area contributed by atoms with Crippen molar-refractivity contribution in [3.8, 4) is 46.5 Å². The number of hydrogen-bond donors (Lipinski definition) is 1. The fraction of sp³-hybridized carbons (Fsp3) is 0.241. The summed E-state index contributed by atoms with van der Waals surface area (Å²) in [6.45, 7) is 3.99. The highest BCUT2D eigenvalue weighted by Crippen LogP contribution is 2.42. The maximum Gasteiger partial charge on any atom is 0.143 e. The molecule has 5 heteroatoms. The summed E-state index contributed by atoms with van der Waals surface area (Å²) >= 11 is 1.54. The molecule has 0 bridgehead atoms. The number of terminal acetylenes is 1. The van der Waals surface area contributed by atoms with E-state index in [1.165, 1.54) is 43.7 Å². The van der Waals surface area contributed by atoms with E-state index in [0.717, 1.165) is 39.1 Å². The van der Waals surface area contributed by atoms with Crippen molar-refractivity contribution >= 4 is 22.1 Å². The Morgan fingerprint density at radius 3 is 2.50 bits per heavy atom. The fourth-order valence-electron chi connectivity index (χ4n) is 4.44. The monoisotopic (exact) mass is 469 g/mol. The molecule has 0 saturated carbocycles. The molecule has 0 unspecified atom stereocenters. The molecule has 4 aromatic rings. The topological polar surface area (TPSA) is 41.9 Å². The van der Waals surface area contributed by atoms with Gasteiger partial charge in [-0.05, 0) is 91.3 Å². The van der Waals surface area contributed by atoms with Crippen molar-refractivity contribution in [3.05, 3.63) is 70.9 Å². The Balaban J connectivity index is 1.38. The van der Waals surface area contributed by atoms with E-state index >= 15 is 0 Å². The zero-order valence-corrected chi connectivity index (χ0v) is 19.8. The molecular formula is C29H27NO3S. The minimum Gasteiger partial charge on any atom is -0.508 e. The number of rotatable bonds is 7. The van der Waals surface area contributed by atoms with Crippen LogP contribution >= 0.6 is 11.3 Å². The van der Waals surface area contributed by atoms with Gasteiger partial charge in [0.1, 0.15) is 29.6 Å². The molecule has 172 valence electrons. The molecule has 0 spiro atoms. The molecule has 1 fully saturated rings. The molecular weight excluding hydrogens is 442 g/mol. The molecule has 1 aliphatic rings. The minimum absolute atomic E-state index is 0.220. The molecule has 0 radical (unpaired) electrons. The molecule has 1 N–H and O–H groups in total. The van der Waals surface area contributed by atoms with Crippen molar-refractivity contribution in [3.63, 3.8) is 0 Å². The SMILES string of the molecule is C#Cc1sccc1-c1ccc2cc(O)ccc2c1Oc1ccc(OCCN2CCCCC2)cc1. The summed E-state index contributed by atoms with van der Waals surface area (Å²) < 4.78 is 12.4. The van der Waals surface area contributed by atoms with Gasteiger partial charge in [-0.3, -0.25) is 4.90 Å². The third-order valence-electron chi connectivity index (χ3n) is 6.21. The van der Waals surface area contributed by atoms with Crippen molar-refractivity contribution < 1.29 is 14.6 Å². The molecule has 1 saturated heterocycles. The average Bonchev–Trinajstić information content (AvgIpc) is 3.34. The summed E-state index contributed by atoms with van der Waals surface area (Å²) in [6.07, 6.45) is 9.66. The quantitative estimate of drug-likeness (QED) is 0.299. The number of piperidine rings is 1. The largest absolute Gasteiger partial charge is 0.508 e. The predicted octanol–water partition coefficient (Wildman–Crippen LogP) is 6.91. The van der Waals surface area contributed by atoms with E-state index in [4.69, 9.17) is 15.9 Å². The Hall–Kier alpha value is -3.46. The number of thiophene rings is 1. The highest BCUT2D eigenvalue weighted by molar-refractivity contribution is 7.11. The molecule has 34 heavy (non-hydrogen) atoms. The van der Waals surface area contributed by atoms with E-state index < -0.39 is 0 Å². The Kier molecular flexibility index (Phi) is 6.71. The van der Waals surface area contributed by atoms with Gasteiger partial charge in [-0.2, -0.15) is 0 Å². The van der Waals surface area contributed by atoms with Crippen LogP contribution in [0, 0.1) is 12.3 Å². The van der Waals surface area contributed by atoms with E-state index in [1.807, 2.05) is 53.9 Å². The van der Waals surface area contributed by atoms with Crippen molar-refractivity contribution in [1.29, 1.82) is 0 Å². The lowest BCUT2D eigenvalue weighted by Crippen LogP contribution is -2.33. The van der Waals surface area contributed by atoms with Crippen molar-refractivity contribution in [2.75, 3.05) is 26.2 Å². The molecule has 2 heterocycles. The second-order valence-corrected chi connectivity index (χ2v) is 9.40. The van der Waals surface area contributed by atoms with Crippen LogP contribution in [0.4, 0.5) is 0 Å². The molecule has 1 aliphatic heterocycles. The van der Waals surface area contributed by atoms with Crippen molar-refractivity contribution in [2.45, 2.75) is 19.3 Å². The van der Waals surface area contributed by atoms with Crippen molar-refractivity contribution in [1.82, 2.24) is 4.90 Å². The van der Waals surface area contributed by atoms with Gasteiger partial charge < -0.3 is 14.6 Å². The second kappa shape index (κ2) is 10.2. The van der Waals surface area contributed by atoms with Crippen LogP contribution in [0.25, 0.3) is 21.9 Å². The number of phenolic OH excluding ortho intramolecular Hbond substituents is 1. The molecule has 5 rings (SSSR count). The summed E-state index contributed by atoms with van der Waals surface area (Å²) in [5, 5.41) is 13.7. The first-order valence-electron chi connectivity index (χ1n) is 11.6. The first kappa shape index (κ1) is 22.3. The van der Waals surface area contributed by atoms with Gasteiger partial charge in [0.05, 0.1) is 4.88 Å². The lowest BCUT2D eigenvalue weighted by molar-refractivity contribution is 0.183. The van der Waals surface area contributed by atoms with Crippen LogP contribution in [-0.2, 0) is 0 Å². The number of nitrogens with zero attached hydrogens (tertiary/aromatic N) is 1. The Labute approximate surface area is 204 Å². The number of aromatic hydroxyl groups is 1. The zero-order chi connectivity index (χ0) is 23.3. The smallest absolute Gasteiger partial charge is 0.143 e. The van der Waals surface area contributed by atoms with Gasteiger partial charge in [0.25, 0.3) is 0 Å². The van der Waals surface area contributed by atoms with E-state index in [9.17, 15) is 5.11 Å². The summed E-state index contributed by atoms with van der Waals surface area (Å²) in [7, 11) is 0. The predicted molar refractivity (Wildman–Crippen MR) is 139 cm³/mol. The van der Waals surface area contributed by atoms with Crippen molar-refractivity contribution in [2.24, 2.45) is 0 Å². The number of phenols is 1. The lowest BCUT2D eigenvalue weighted by atomic mass is 9.99. The summed E-state index contributed by atoms with van der Waals surface area (Å²) in [5.74, 6) is 5.25. The average molecular weight is 470 g/mol. The van der Waals surface area contributed by atoms with Gasteiger partial charge >= 0.3 is 0 Å². The first-order valence-corrected chi connectivity index (χ1v) is 12.5. The maximum atomic E-state index is 9.95. The Bertz CT molecular complexity index is 1310. The number of hydrogen-bond acceptors (Lipinski definition) is 5. The third-order valence-corrected chi connectivity index (χ3v) is 7.05. The highest BCUT2D eigenvalue weighted by Gasteiger charge is 2.16. The molecule has 1 aromatic heterocycles. The van der Waals surface area contributed by atoms with Crippen LogP contribution in [0.1, 0.15) is 24.1 Å². The highest BCUT2D eigenvalue weighted by atomic mass is 32.1. The molecule has 0 amide bonds. The van der Waals surface area contributed by atoms with Crippen LogP contribution in [-0.4, -0.2) is 36.2 Å². The van der Waals surface area contributed by atoms with Gasteiger partial charge in [-0.25, -0.2) is 0 Å². The number of ether oxygens (including phenoxy) is 2. The standard InChI is InChI=1S/C29H27NO3S/c1-2-28-26(14-19-34-28)27-12-6-21-20-22(31)7-13-25(21)29(27)33-24-10-8-23(9-11-24)32-18-17-30-15-4-3-5-16-30/h1,6-14,19-20,31H,3-5,15-18H2. The van der Waals surface area contributed by atoms with Crippen LogP contribution in [0.15, 0.2) is 66.0 Å². The summed E-state index contributed by atoms with van der Waals surface area (Å²) in [6, 6.07) is 19.0. The summed E-state index contributed by atoms with van der Waals surface area (Å²) in [4.78, 5) is 3.33. The van der Waals surface area contributed by atoms with E-state index in [2.05, 4.69) is 10.8 Å². The van der Waals surface area contributed by atoms with E-state index in [1.54, 1.807) is 12.1 Å². The van der Waals surface area contributed by atoms with Crippen LogP contribution in [0.5, 0.6) is 23.0 Å². The number of fused-ring (bicyclic) bond motifs is 1. The lowest BCUT2D eigenvalue weighted by Gasteiger charge is -2.26. The molecule has 0 atom stereocenters. The molecule has 3 aromatic carbocycles. The van der Waals surface area contributed by atoms with E-state index in [-0.39, 0.29) is 5.75 Å². The maximum absolute atomic E-state index is 9.95. The van der Waals surface area contributed by atoms with Crippen LogP contribution in [0.2, 0.25) is 0 Å². The second-order valence-electron chi connectivity index (χ2n) is 8.48. The van der Waals surface area contributed by atoms with Gasteiger partial charge in [0.15, 0.2) is 0 Å². The summed E-state index contributed by atoms with van der Waals surface area (Å²) in [5.41, 5.74) is 1.89. The third kappa shape index (κ3) is 4.89. The van der Waals surface area contributed by atoms with Gasteiger partial charge in [-0.15, -0.1) is 17.8 Å². The molecule has 0 aliphatic carbocycles. The van der Waals surface area contributed by atoms with Gasteiger partial charge in [0.2, 0.25) is 0 Å². The van der Waals surface area contributed by atoms with E-state index in [0.29, 0.717) is 18.1 Å². The fourth-order valence-corrected chi connectivity index (χ4v) is 5.15. The van der Waals surface area contributed by atoms with Crippen LogP contribution in [0.3, 0.4) is 0 Å². The van der Waals surface area contributed by atoms with Crippen LogP contribution < -0.4 is 9.47 Å². The first-order chi connectivity index (χ1) is 16.7. The Morgan fingerprint density at radius 2 is 1.71 bits per heavy atom. The molecule has 4 nitrogen and oxygen atoms in total. The minimum atomic E-state index is 0.220. The van der Waals surface area contributed by atoms with Gasteiger partial charge in [0, 0.05) is 23.1 Å². The number of likely N-dealkylation sites (tertiary alicyclic amines) is 1. The normalized spacial score (nSPS) is 14.1. The Morgan fingerprint density at radius 1 is 0.912 bits per heavy atom. The number of benzene rings is 3. The zero-order valence-electron chi connectivity index (χ0n) is 19.0. The van der Waals surface area contributed by atoms with Gasteiger partial charge in [-0.1, -0.05) is 18.4 Å².